The van der Waals surface area contributed by atoms with E-state index in [4.69, 9.17) is 5.11 Å². The first kappa shape index (κ1) is 10.9. The molecule has 16 heavy (non-hydrogen) atoms. The fraction of sp³-hybridized carbons (Fsp3) is 0.333. The minimum absolute atomic E-state index is 0.159. The molecule has 1 aromatic heterocycles. The van der Waals surface area contributed by atoms with Gasteiger partial charge in [0.2, 0.25) is 0 Å². The summed E-state index contributed by atoms with van der Waals surface area (Å²) in [5.74, 6) is -0.540. The summed E-state index contributed by atoms with van der Waals surface area (Å²) < 4.78 is 0. The molecular weight excluding hydrogens is 230 g/mol. The van der Waals surface area contributed by atoms with Crippen LogP contribution in [0.3, 0.4) is 0 Å². The molecule has 0 aliphatic carbocycles. The van der Waals surface area contributed by atoms with Crippen LogP contribution in [0.1, 0.15) is 16.1 Å². The van der Waals surface area contributed by atoms with Crippen molar-refractivity contribution in [1.82, 2.24) is 14.9 Å². The Morgan fingerprint density at radius 1 is 1.62 bits per heavy atom. The molecule has 0 atom stereocenters. The molecule has 1 aliphatic rings. The van der Waals surface area contributed by atoms with E-state index in [-0.39, 0.29) is 12.1 Å². The van der Waals surface area contributed by atoms with Crippen molar-refractivity contribution in [3.05, 3.63) is 17.5 Å². The summed E-state index contributed by atoms with van der Waals surface area (Å²) in [6.07, 6.45) is 2.45. The van der Waals surface area contributed by atoms with Crippen LogP contribution in [-0.2, 0) is 6.42 Å². The average Bonchev–Trinajstić information content (AvgIpc) is 2.28. The maximum Gasteiger partial charge on any atom is 0.414 e. The fourth-order valence-electron chi connectivity index (χ4n) is 1.51. The van der Waals surface area contributed by atoms with Crippen molar-refractivity contribution in [3.63, 3.8) is 0 Å². The first-order chi connectivity index (χ1) is 7.63. The van der Waals surface area contributed by atoms with Gasteiger partial charge in [0.1, 0.15) is 0 Å². The summed E-state index contributed by atoms with van der Waals surface area (Å²) in [4.78, 5) is 31.4. The van der Waals surface area contributed by atoms with Gasteiger partial charge in [-0.2, -0.15) is 0 Å². The number of thioether (sulfide) groups is 1. The van der Waals surface area contributed by atoms with Crippen molar-refractivity contribution in [2.24, 2.45) is 0 Å². The van der Waals surface area contributed by atoms with Crippen LogP contribution < -0.4 is 0 Å². The second-order valence-corrected chi connectivity index (χ2v) is 3.98. The van der Waals surface area contributed by atoms with Gasteiger partial charge in [0.25, 0.3) is 5.91 Å². The highest BCUT2D eigenvalue weighted by Gasteiger charge is 2.30. The molecule has 0 spiro atoms. The molecule has 2 rings (SSSR count). The van der Waals surface area contributed by atoms with E-state index in [1.165, 1.54) is 18.0 Å². The van der Waals surface area contributed by atoms with Crippen LogP contribution in [0.2, 0.25) is 0 Å². The van der Waals surface area contributed by atoms with Crippen molar-refractivity contribution < 1.29 is 14.7 Å². The maximum absolute atomic E-state index is 11.7. The zero-order valence-corrected chi connectivity index (χ0v) is 9.32. The van der Waals surface area contributed by atoms with Crippen molar-refractivity contribution >= 4 is 23.8 Å². The number of nitrogens with zero attached hydrogens (tertiary/aromatic N) is 3. The number of carbonyl (C=O) groups is 2. The monoisotopic (exact) mass is 239 g/mol. The van der Waals surface area contributed by atoms with Crippen LogP contribution >= 0.6 is 11.8 Å². The van der Waals surface area contributed by atoms with Crippen molar-refractivity contribution in [2.75, 3.05) is 12.8 Å². The normalized spacial score (nSPS) is 14.8. The highest BCUT2D eigenvalue weighted by Crippen LogP contribution is 2.19. The topological polar surface area (TPSA) is 83.4 Å². The summed E-state index contributed by atoms with van der Waals surface area (Å²) in [7, 11) is 0. The Hall–Kier alpha value is -1.63. The maximum atomic E-state index is 11.7. The zero-order valence-electron chi connectivity index (χ0n) is 8.51. The lowest BCUT2D eigenvalue weighted by molar-refractivity contribution is 0.0724. The van der Waals surface area contributed by atoms with Gasteiger partial charge < -0.3 is 5.11 Å². The molecule has 1 aromatic rings. The molecule has 0 fully saturated rings. The summed E-state index contributed by atoms with van der Waals surface area (Å²) in [5.41, 5.74) is 0.910. The van der Waals surface area contributed by atoms with Gasteiger partial charge in [0.15, 0.2) is 5.16 Å². The molecule has 0 aromatic carbocycles. The van der Waals surface area contributed by atoms with Crippen LogP contribution in [0.15, 0.2) is 11.4 Å². The van der Waals surface area contributed by atoms with E-state index in [2.05, 4.69) is 9.97 Å². The third-order valence-corrected chi connectivity index (χ3v) is 2.87. The van der Waals surface area contributed by atoms with Crippen LogP contribution in [-0.4, -0.2) is 44.8 Å². The molecule has 6 nitrogen and oxygen atoms in total. The Balaban J connectivity index is 2.39. The highest BCUT2D eigenvalue weighted by atomic mass is 32.2. The number of carbonyl (C=O) groups excluding carboxylic acids is 1. The van der Waals surface area contributed by atoms with E-state index in [9.17, 15) is 9.59 Å². The lowest BCUT2D eigenvalue weighted by Gasteiger charge is -2.23. The van der Waals surface area contributed by atoms with Gasteiger partial charge in [0, 0.05) is 19.2 Å². The highest BCUT2D eigenvalue weighted by molar-refractivity contribution is 7.98. The average molecular weight is 239 g/mol. The first-order valence-electron chi connectivity index (χ1n) is 4.58. The second-order valence-electron chi connectivity index (χ2n) is 3.21. The Labute approximate surface area is 95.7 Å². The van der Waals surface area contributed by atoms with Gasteiger partial charge >= 0.3 is 6.09 Å². The molecule has 2 amide bonds. The smallest absolute Gasteiger partial charge is 0.414 e. The summed E-state index contributed by atoms with van der Waals surface area (Å²) in [5, 5.41) is 9.39. The van der Waals surface area contributed by atoms with E-state index < -0.39 is 12.0 Å². The van der Waals surface area contributed by atoms with Gasteiger partial charge in [-0.3, -0.25) is 4.79 Å². The number of imide groups is 1. The molecule has 0 bridgehead atoms. The lowest BCUT2D eigenvalue weighted by atomic mass is 10.1. The Kier molecular flexibility index (Phi) is 2.78. The summed E-state index contributed by atoms with van der Waals surface area (Å²) >= 11 is 1.39. The van der Waals surface area contributed by atoms with Gasteiger partial charge in [-0.25, -0.2) is 19.7 Å². The molecular formula is C9H9N3O3S. The minimum atomic E-state index is -1.23. The van der Waals surface area contributed by atoms with Gasteiger partial charge in [-0.1, -0.05) is 11.8 Å². The predicted octanol–water partition coefficient (Wildman–Crippen LogP) is 0.875. The number of carboxylic acid groups (broad SMARTS) is 1. The quantitative estimate of drug-likeness (QED) is 0.578. The number of hydrogen-bond acceptors (Lipinski definition) is 5. The third kappa shape index (κ3) is 1.73. The van der Waals surface area contributed by atoms with E-state index in [0.29, 0.717) is 17.3 Å². The number of aromatic nitrogens is 2. The molecule has 0 radical (unpaired) electrons. The predicted molar refractivity (Wildman–Crippen MR) is 56.6 cm³/mol. The van der Waals surface area contributed by atoms with Crippen molar-refractivity contribution in [2.45, 2.75) is 11.6 Å². The number of fused-ring (bicyclic) bond motifs is 1. The lowest BCUT2D eigenvalue weighted by Crippen LogP contribution is -2.41. The fourth-order valence-corrected chi connectivity index (χ4v) is 1.87. The molecule has 1 aliphatic heterocycles. The molecule has 0 unspecified atom stereocenters. The molecule has 7 heteroatoms. The van der Waals surface area contributed by atoms with E-state index >= 15 is 0 Å². The Morgan fingerprint density at radius 2 is 2.38 bits per heavy atom. The third-order valence-electron chi connectivity index (χ3n) is 2.31. The van der Waals surface area contributed by atoms with Crippen LogP contribution in [0.25, 0.3) is 0 Å². The number of rotatable bonds is 1. The number of hydrogen-bond donors (Lipinski definition) is 1. The van der Waals surface area contributed by atoms with Crippen LogP contribution in [0, 0.1) is 0 Å². The van der Waals surface area contributed by atoms with E-state index in [0.717, 1.165) is 4.90 Å². The Bertz CT molecular complexity index is 463. The minimum Gasteiger partial charge on any atom is -0.465 e. The summed E-state index contributed by atoms with van der Waals surface area (Å²) in [6.45, 7) is 0.159. The van der Waals surface area contributed by atoms with Crippen LogP contribution in [0.5, 0.6) is 0 Å². The second kappa shape index (κ2) is 4.09. The van der Waals surface area contributed by atoms with E-state index in [1.54, 1.807) is 0 Å². The molecule has 0 saturated carbocycles. The van der Waals surface area contributed by atoms with Gasteiger partial charge in [-0.15, -0.1) is 0 Å². The van der Waals surface area contributed by atoms with Crippen LogP contribution in [0.4, 0.5) is 4.79 Å². The number of amides is 2. The van der Waals surface area contributed by atoms with Crippen molar-refractivity contribution in [3.8, 4) is 0 Å². The largest absolute Gasteiger partial charge is 0.465 e. The SMILES string of the molecule is CSc1ncc2c(n1)CCN(C(=O)O)C2=O. The van der Waals surface area contributed by atoms with Crippen molar-refractivity contribution in [1.29, 1.82) is 0 Å². The molecule has 2 heterocycles. The molecule has 0 saturated heterocycles. The molecule has 1 N–H and O–H groups in total. The first-order valence-corrected chi connectivity index (χ1v) is 5.80. The Morgan fingerprint density at radius 3 is 3.00 bits per heavy atom. The summed E-state index contributed by atoms with van der Waals surface area (Å²) in [6, 6.07) is 0. The van der Waals surface area contributed by atoms with E-state index in [1.807, 2.05) is 6.26 Å². The van der Waals surface area contributed by atoms with Gasteiger partial charge in [-0.05, 0) is 6.26 Å². The molecule has 84 valence electrons. The van der Waals surface area contributed by atoms with Gasteiger partial charge in [0.05, 0.1) is 11.3 Å². The zero-order chi connectivity index (χ0) is 11.7. The standard InChI is InChI=1S/C9H9N3O3S/c1-16-8-10-4-5-6(11-8)2-3-12(7(5)13)9(14)15/h4H,2-3H2,1H3,(H,14,15).